The van der Waals surface area contributed by atoms with Gasteiger partial charge in [-0.05, 0) is 25.7 Å². The first-order valence-corrected chi connectivity index (χ1v) is 11.6. The molecule has 0 aliphatic carbocycles. The van der Waals surface area contributed by atoms with Crippen molar-refractivity contribution in [3.05, 3.63) is 0 Å². The number of rotatable bonds is 18. The van der Waals surface area contributed by atoms with E-state index >= 15 is 0 Å². The van der Waals surface area contributed by atoms with E-state index in [-0.39, 0.29) is 42.8 Å². The van der Waals surface area contributed by atoms with Crippen LogP contribution in [0, 0.1) is 0 Å². The summed E-state index contributed by atoms with van der Waals surface area (Å²) in [4.78, 5) is 0. The van der Waals surface area contributed by atoms with Gasteiger partial charge in [0, 0.05) is 7.11 Å². The van der Waals surface area contributed by atoms with E-state index in [1.54, 1.807) is 7.11 Å². The second-order valence-electron chi connectivity index (χ2n) is 6.96. The van der Waals surface area contributed by atoms with Crippen LogP contribution in [0.4, 0.5) is 0 Å². The van der Waals surface area contributed by atoms with Crippen molar-refractivity contribution in [1.29, 1.82) is 0 Å². The molecule has 148 valence electrons. The average molecular weight is 389 g/mol. The standard InChI is InChI=1S/C19H40O4S.Na.H/c1-3-4-5-6-7-8-9-10-11-12-13-16-19(23-2)17-14-15-18-24(20,21)22;;/h19H,3-18H2,1-2H3,(H,20,21,22);;/q;+1;-1. The molecule has 1 atom stereocenters. The van der Waals surface area contributed by atoms with E-state index in [9.17, 15) is 8.42 Å². The normalized spacial score (nSPS) is 12.8. The molecule has 1 N–H and O–H groups in total. The zero-order valence-electron chi connectivity index (χ0n) is 18.0. The average Bonchev–Trinajstić information content (AvgIpc) is 2.53. The van der Waals surface area contributed by atoms with Gasteiger partial charge in [0.25, 0.3) is 10.1 Å². The van der Waals surface area contributed by atoms with Crippen LogP contribution in [0.1, 0.15) is 105 Å². The molecule has 0 radical (unpaired) electrons. The number of hydrogen-bond donors (Lipinski definition) is 1. The fourth-order valence-corrected chi connectivity index (χ4v) is 3.64. The first kappa shape index (κ1) is 28.1. The molecule has 0 saturated heterocycles. The molecule has 25 heavy (non-hydrogen) atoms. The number of unbranched alkanes of at least 4 members (excludes halogenated alkanes) is 11. The Bertz CT molecular complexity index is 367. The minimum Gasteiger partial charge on any atom is -1.00 e. The van der Waals surface area contributed by atoms with Crippen molar-refractivity contribution < 1.29 is 48.7 Å². The topological polar surface area (TPSA) is 63.6 Å². The molecule has 4 nitrogen and oxygen atoms in total. The van der Waals surface area contributed by atoms with Crippen LogP contribution in [-0.2, 0) is 14.9 Å². The Morgan fingerprint density at radius 1 is 0.800 bits per heavy atom. The van der Waals surface area contributed by atoms with E-state index in [2.05, 4.69) is 6.92 Å². The molecule has 0 aromatic heterocycles. The summed E-state index contributed by atoms with van der Waals surface area (Å²) < 4.78 is 35.5. The Labute approximate surface area is 180 Å². The van der Waals surface area contributed by atoms with E-state index in [0.717, 1.165) is 19.3 Å². The molecule has 0 heterocycles. The van der Waals surface area contributed by atoms with Crippen molar-refractivity contribution in [2.45, 2.75) is 109 Å². The van der Waals surface area contributed by atoms with Crippen molar-refractivity contribution in [2.24, 2.45) is 0 Å². The summed E-state index contributed by atoms with van der Waals surface area (Å²) in [5.41, 5.74) is 0. The Morgan fingerprint density at radius 2 is 1.20 bits per heavy atom. The predicted molar refractivity (Wildman–Crippen MR) is 103 cm³/mol. The van der Waals surface area contributed by atoms with E-state index < -0.39 is 10.1 Å². The first-order chi connectivity index (χ1) is 11.5. The maximum atomic E-state index is 10.7. The fraction of sp³-hybridized carbons (Fsp3) is 1.00. The quantitative estimate of drug-likeness (QED) is 0.223. The van der Waals surface area contributed by atoms with E-state index in [0.29, 0.717) is 6.42 Å². The van der Waals surface area contributed by atoms with Gasteiger partial charge in [0.2, 0.25) is 0 Å². The van der Waals surface area contributed by atoms with Crippen LogP contribution in [-0.4, -0.2) is 31.9 Å². The van der Waals surface area contributed by atoms with Gasteiger partial charge in [-0.1, -0.05) is 77.6 Å². The Balaban J connectivity index is -0.00000264. The van der Waals surface area contributed by atoms with Crippen molar-refractivity contribution in [3.63, 3.8) is 0 Å². The van der Waals surface area contributed by atoms with E-state index in [1.807, 2.05) is 0 Å². The van der Waals surface area contributed by atoms with Crippen LogP contribution in [0.25, 0.3) is 0 Å². The molecule has 0 bridgehead atoms. The zero-order chi connectivity index (χ0) is 18.1. The summed E-state index contributed by atoms with van der Waals surface area (Å²) in [5, 5.41) is 0. The molecule has 1 unspecified atom stereocenters. The molecule has 0 fully saturated rings. The Morgan fingerprint density at radius 3 is 1.60 bits per heavy atom. The van der Waals surface area contributed by atoms with E-state index in [4.69, 9.17) is 9.29 Å². The minimum atomic E-state index is -3.81. The van der Waals surface area contributed by atoms with Crippen molar-refractivity contribution in [1.82, 2.24) is 0 Å². The van der Waals surface area contributed by atoms with Crippen LogP contribution in [0.3, 0.4) is 0 Å². The zero-order valence-corrected chi connectivity index (χ0v) is 19.8. The Hall–Kier alpha value is 0.870. The molecule has 0 aliphatic rings. The van der Waals surface area contributed by atoms with Gasteiger partial charge in [-0.25, -0.2) is 0 Å². The molecule has 0 aliphatic heterocycles. The molecule has 0 spiro atoms. The van der Waals surface area contributed by atoms with Gasteiger partial charge in [-0.2, -0.15) is 8.42 Å². The third kappa shape index (κ3) is 22.8. The van der Waals surface area contributed by atoms with Crippen molar-refractivity contribution in [3.8, 4) is 0 Å². The maximum absolute atomic E-state index is 10.7. The number of hydrogen-bond acceptors (Lipinski definition) is 3. The molecule has 6 heteroatoms. The number of ether oxygens (including phenoxy) is 1. The summed E-state index contributed by atoms with van der Waals surface area (Å²) in [7, 11) is -2.08. The van der Waals surface area contributed by atoms with Crippen molar-refractivity contribution in [2.75, 3.05) is 12.9 Å². The molecule has 0 aromatic carbocycles. The summed E-state index contributed by atoms with van der Waals surface area (Å²) in [6.45, 7) is 2.26. The van der Waals surface area contributed by atoms with Crippen LogP contribution >= 0.6 is 0 Å². The molecular formula is C19H41NaO4S. The predicted octanol–water partition coefficient (Wildman–Crippen LogP) is 2.88. The second kappa shape index (κ2) is 19.6. The summed E-state index contributed by atoms with van der Waals surface area (Å²) in [6, 6.07) is 0. The van der Waals surface area contributed by atoms with Crippen LogP contribution < -0.4 is 29.6 Å². The first-order valence-electron chi connectivity index (χ1n) is 9.97. The number of methoxy groups -OCH3 is 1. The molecule has 0 saturated carbocycles. The van der Waals surface area contributed by atoms with Gasteiger partial charge in [0.15, 0.2) is 0 Å². The smallest absolute Gasteiger partial charge is 1.00 e. The molecule has 0 rings (SSSR count). The van der Waals surface area contributed by atoms with Crippen LogP contribution in [0.2, 0.25) is 0 Å². The molecule has 0 aromatic rings. The summed E-state index contributed by atoms with van der Waals surface area (Å²) in [5.74, 6) is -0.137. The van der Waals surface area contributed by atoms with Gasteiger partial charge in [-0.3, -0.25) is 4.55 Å². The molecular weight excluding hydrogens is 347 g/mol. The van der Waals surface area contributed by atoms with Gasteiger partial charge in [-0.15, -0.1) is 0 Å². The van der Waals surface area contributed by atoms with Crippen LogP contribution in [0.5, 0.6) is 0 Å². The maximum Gasteiger partial charge on any atom is 1.00 e. The third-order valence-electron chi connectivity index (χ3n) is 4.64. The van der Waals surface area contributed by atoms with Crippen molar-refractivity contribution >= 4 is 10.1 Å². The monoisotopic (exact) mass is 388 g/mol. The summed E-state index contributed by atoms with van der Waals surface area (Å²) in [6.07, 6.45) is 18.2. The van der Waals surface area contributed by atoms with E-state index in [1.165, 1.54) is 70.6 Å². The third-order valence-corrected chi connectivity index (χ3v) is 5.45. The Kier molecular flexibility index (Phi) is 22.0. The van der Waals surface area contributed by atoms with Gasteiger partial charge in [0.05, 0.1) is 11.9 Å². The van der Waals surface area contributed by atoms with Crippen LogP contribution in [0.15, 0.2) is 0 Å². The second-order valence-corrected chi connectivity index (χ2v) is 8.54. The van der Waals surface area contributed by atoms with Gasteiger partial charge in [0.1, 0.15) is 0 Å². The summed E-state index contributed by atoms with van der Waals surface area (Å²) >= 11 is 0. The minimum absolute atomic E-state index is 0. The fourth-order valence-electron chi connectivity index (χ4n) is 3.07. The van der Waals surface area contributed by atoms with Gasteiger partial charge >= 0.3 is 29.6 Å². The molecule has 0 amide bonds. The SMILES string of the molecule is CCCCCCCCCCCCCC(CCCCS(=O)(=O)O)OC.[H-].[Na+]. The largest absolute Gasteiger partial charge is 1.00 e. The van der Waals surface area contributed by atoms with Gasteiger partial charge < -0.3 is 6.16 Å².